The van der Waals surface area contributed by atoms with E-state index in [0.717, 1.165) is 12.8 Å². The molecule has 1 aromatic heterocycles. The molecule has 0 saturated carbocycles. The van der Waals surface area contributed by atoms with Gasteiger partial charge in [-0.05, 0) is 18.9 Å². The van der Waals surface area contributed by atoms with Gasteiger partial charge in [0.05, 0.1) is 5.70 Å². The van der Waals surface area contributed by atoms with Crippen molar-refractivity contribution in [3.8, 4) is 5.75 Å². The topological polar surface area (TPSA) is 70.8 Å². The van der Waals surface area contributed by atoms with Crippen LogP contribution in [0.2, 0.25) is 0 Å². The summed E-state index contributed by atoms with van der Waals surface area (Å²) in [6.45, 7) is 5.88. The quantitative estimate of drug-likeness (QED) is 0.644. The molecular formula is C18H21NO4. The minimum Gasteiger partial charge on any atom is -0.502 e. The van der Waals surface area contributed by atoms with Gasteiger partial charge in [-0.15, -0.1) is 0 Å². The van der Waals surface area contributed by atoms with Gasteiger partial charge >= 0.3 is 0 Å². The first kappa shape index (κ1) is 16.8. The highest BCUT2D eigenvalue weighted by Gasteiger charge is 2.35. The van der Waals surface area contributed by atoms with Crippen molar-refractivity contribution in [1.82, 2.24) is 4.90 Å². The predicted octanol–water partition coefficient (Wildman–Crippen LogP) is 3.55. The van der Waals surface area contributed by atoms with Crippen LogP contribution < -0.4 is 5.43 Å². The Morgan fingerprint density at radius 2 is 2.00 bits per heavy atom. The van der Waals surface area contributed by atoms with Gasteiger partial charge in [-0.1, -0.05) is 44.6 Å². The van der Waals surface area contributed by atoms with Crippen molar-refractivity contribution in [2.45, 2.75) is 32.6 Å². The number of hydrogen-bond donors (Lipinski definition) is 1. The Balaban J connectivity index is 2.23. The summed E-state index contributed by atoms with van der Waals surface area (Å²) in [6.07, 6.45) is 11.5. The van der Waals surface area contributed by atoms with Gasteiger partial charge in [-0.2, -0.15) is 0 Å². The lowest BCUT2D eigenvalue weighted by molar-refractivity contribution is 0.0873. The second-order valence-electron chi connectivity index (χ2n) is 5.44. The largest absolute Gasteiger partial charge is 0.502 e. The molecule has 1 aliphatic heterocycles. The first-order valence-electron chi connectivity index (χ1n) is 7.69. The Morgan fingerprint density at radius 3 is 2.70 bits per heavy atom. The van der Waals surface area contributed by atoms with Gasteiger partial charge in [-0.3, -0.25) is 9.59 Å². The maximum Gasteiger partial charge on any atom is 0.266 e. The third-order valence-electron chi connectivity index (χ3n) is 3.77. The van der Waals surface area contributed by atoms with Crippen molar-refractivity contribution in [1.29, 1.82) is 0 Å². The van der Waals surface area contributed by atoms with E-state index in [0.29, 0.717) is 5.70 Å². The molecular weight excluding hydrogens is 294 g/mol. The number of allylic oxidation sites excluding steroid dienone is 3. The highest BCUT2D eigenvalue weighted by Crippen LogP contribution is 2.31. The Bertz CT molecular complexity index is 740. The van der Waals surface area contributed by atoms with Crippen LogP contribution in [0.4, 0.5) is 0 Å². The van der Waals surface area contributed by atoms with Crippen molar-refractivity contribution in [2.24, 2.45) is 0 Å². The van der Waals surface area contributed by atoms with Crippen LogP contribution in [0.3, 0.4) is 0 Å². The molecule has 23 heavy (non-hydrogen) atoms. The van der Waals surface area contributed by atoms with Crippen molar-refractivity contribution < 1.29 is 14.3 Å². The van der Waals surface area contributed by atoms with Crippen LogP contribution in [0, 0.1) is 0 Å². The van der Waals surface area contributed by atoms with Crippen molar-refractivity contribution in [3.63, 3.8) is 0 Å². The summed E-state index contributed by atoms with van der Waals surface area (Å²) < 4.78 is 5.50. The van der Waals surface area contributed by atoms with E-state index in [1.54, 1.807) is 6.08 Å². The van der Waals surface area contributed by atoms with Crippen molar-refractivity contribution in [2.75, 3.05) is 7.05 Å². The SMILES string of the molecule is C=C1c2oc(/C=C/C=C/CCCCC)c(O)c(=O)c2C(=O)N1C. The number of rotatable bonds is 6. The van der Waals surface area contributed by atoms with Gasteiger partial charge < -0.3 is 14.4 Å². The molecule has 0 aromatic carbocycles. The van der Waals surface area contributed by atoms with Crippen LogP contribution in [-0.4, -0.2) is 23.0 Å². The van der Waals surface area contributed by atoms with Crippen molar-refractivity contribution >= 4 is 17.7 Å². The molecule has 2 heterocycles. The van der Waals surface area contributed by atoms with Gasteiger partial charge in [-0.25, -0.2) is 0 Å². The van der Waals surface area contributed by atoms with Gasteiger partial charge in [0, 0.05) is 7.05 Å². The molecule has 122 valence electrons. The van der Waals surface area contributed by atoms with Crippen LogP contribution in [0.1, 0.15) is 54.5 Å². The van der Waals surface area contributed by atoms with E-state index in [-0.39, 0.29) is 17.1 Å². The summed E-state index contributed by atoms with van der Waals surface area (Å²) >= 11 is 0. The summed E-state index contributed by atoms with van der Waals surface area (Å²) in [4.78, 5) is 25.3. The predicted molar refractivity (Wildman–Crippen MR) is 90.1 cm³/mol. The number of amides is 1. The molecule has 0 unspecified atom stereocenters. The first-order valence-corrected chi connectivity index (χ1v) is 7.69. The lowest BCUT2D eigenvalue weighted by atomic mass is 10.2. The molecule has 0 bridgehead atoms. The van der Waals surface area contributed by atoms with Crippen LogP contribution in [0.15, 0.2) is 34.0 Å². The highest BCUT2D eigenvalue weighted by atomic mass is 16.4. The summed E-state index contributed by atoms with van der Waals surface area (Å²) in [6, 6.07) is 0. The minimum absolute atomic E-state index is 0.0243. The number of nitrogens with zero attached hydrogens (tertiary/aromatic N) is 1. The molecule has 5 heteroatoms. The molecule has 0 spiro atoms. The lowest BCUT2D eigenvalue weighted by Gasteiger charge is -2.07. The Labute approximate surface area is 135 Å². The average molecular weight is 315 g/mol. The number of hydrogen-bond acceptors (Lipinski definition) is 4. The van der Waals surface area contributed by atoms with E-state index >= 15 is 0 Å². The number of carbonyl (C=O) groups excluding carboxylic acids is 1. The van der Waals surface area contributed by atoms with Crippen molar-refractivity contribution in [3.05, 3.63) is 52.1 Å². The zero-order chi connectivity index (χ0) is 17.0. The Hall–Kier alpha value is -2.56. The maximum atomic E-state index is 12.1. The molecule has 1 aliphatic rings. The third-order valence-corrected chi connectivity index (χ3v) is 3.77. The standard InChI is InChI=1S/C18H21NO4/c1-4-5-6-7-8-9-10-11-13-15(20)16(21)14-17(23-13)12(2)19(3)18(14)22/h8-11,20H,2,4-7H2,1,3H3/b9-8+,11-10+. The molecule has 2 rings (SSSR count). The molecule has 1 aromatic rings. The van der Waals surface area contributed by atoms with Crippen LogP contribution >= 0.6 is 0 Å². The molecule has 1 N–H and O–H groups in total. The number of unbranched alkanes of at least 4 members (excludes halogenated alkanes) is 3. The lowest BCUT2D eigenvalue weighted by Crippen LogP contribution is -2.21. The normalized spacial score (nSPS) is 14.4. The molecule has 0 saturated heterocycles. The summed E-state index contributed by atoms with van der Waals surface area (Å²) in [7, 11) is 1.51. The van der Waals surface area contributed by atoms with Gasteiger partial charge in [0.2, 0.25) is 11.2 Å². The minimum atomic E-state index is -0.728. The monoisotopic (exact) mass is 315 g/mol. The highest BCUT2D eigenvalue weighted by molar-refractivity contribution is 6.07. The summed E-state index contributed by atoms with van der Waals surface area (Å²) in [5.41, 5.74) is -0.581. The second kappa shape index (κ2) is 7.13. The Kier molecular flexibility index (Phi) is 5.21. The van der Waals surface area contributed by atoms with Gasteiger partial charge in [0.25, 0.3) is 5.91 Å². The molecule has 0 radical (unpaired) electrons. The van der Waals surface area contributed by atoms with E-state index in [1.807, 2.05) is 12.2 Å². The number of carbonyl (C=O) groups is 1. The molecule has 1 amide bonds. The summed E-state index contributed by atoms with van der Waals surface area (Å²) in [5, 5.41) is 9.94. The van der Waals surface area contributed by atoms with Crippen LogP contribution in [0.5, 0.6) is 5.75 Å². The van der Waals surface area contributed by atoms with Gasteiger partial charge in [0.15, 0.2) is 11.5 Å². The fourth-order valence-corrected chi connectivity index (χ4v) is 2.33. The van der Waals surface area contributed by atoms with E-state index in [1.165, 1.54) is 30.9 Å². The summed E-state index contributed by atoms with van der Waals surface area (Å²) in [5.74, 6) is -0.931. The third kappa shape index (κ3) is 3.28. The zero-order valence-electron chi connectivity index (χ0n) is 13.5. The van der Waals surface area contributed by atoms with Crippen LogP contribution in [0.25, 0.3) is 11.8 Å². The molecule has 0 aliphatic carbocycles. The maximum absolute atomic E-state index is 12.1. The van der Waals surface area contributed by atoms with Gasteiger partial charge in [0.1, 0.15) is 5.56 Å². The molecule has 0 atom stereocenters. The van der Waals surface area contributed by atoms with E-state index < -0.39 is 17.1 Å². The number of fused-ring (bicyclic) bond motifs is 1. The molecule has 0 fully saturated rings. The average Bonchev–Trinajstić information content (AvgIpc) is 2.75. The first-order chi connectivity index (χ1) is 11.0. The zero-order valence-corrected chi connectivity index (χ0v) is 13.5. The fourth-order valence-electron chi connectivity index (χ4n) is 2.33. The van der Waals surface area contributed by atoms with E-state index in [4.69, 9.17) is 4.42 Å². The number of aromatic hydroxyl groups is 1. The fraction of sp³-hybridized carbons (Fsp3) is 0.333. The molecule has 5 nitrogen and oxygen atoms in total. The Morgan fingerprint density at radius 1 is 1.26 bits per heavy atom. The van der Waals surface area contributed by atoms with E-state index in [9.17, 15) is 14.7 Å². The van der Waals surface area contributed by atoms with E-state index in [2.05, 4.69) is 13.5 Å². The van der Waals surface area contributed by atoms with Crippen LogP contribution in [-0.2, 0) is 0 Å². The second-order valence-corrected chi connectivity index (χ2v) is 5.44. The smallest absolute Gasteiger partial charge is 0.266 e.